The van der Waals surface area contributed by atoms with Crippen molar-refractivity contribution in [2.75, 3.05) is 30.8 Å². The largest absolute Gasteiger partial charge is 0.497 e. The first-order valence-electron chi connectivity index (χ1n) is 11.5. The van der Waals surface area contributed by atoms with Crippen molar-refractivity contribution in [1.82, 2.24) is 10.2 Å². The van der Waals surface area contributed by atoms with Crippen molar-refractivity contribution in [2.24, 2.45) is 0 Å². The van der Waals surface area contributed by atoms with Crippen molar-refractivity contribution in [1.29, 1.82) is 0 Å². The molecule has 0 unspecified atom stereocenters. The van der Waals surface area contributed by atoms with E-state index >= 15 is 0 Å². The van der Waals surface area contributed by atoms with Gasteiger partial charge in [-0.05, 0) is 77.4 Å². The molecule has 0 bridgehead atoms. The summed E-state index contributed by atoms with van der Waals surface area (Å²) in [5.41, 5.74) is 1.17. The number of ether oxygens (including phenoxy) is 1. The van der Waals surface area contributed by atoms with Gasteiger partial charge in [-0.3, -0.25) is 13.9 Å². The van der Waals surface area contributed by atoms with Gasteiger partial charge >= 0.3 is 0 Å². The molecule has 0 aliphatic rings. The van der Waals surface area contributed by atoms with Crippen LogP contribution in [0.5, 0.6) is 5.75 Å². The number of hydrogen-bond acceptors (Lipinski definition) is 5. The molecule has 0 saturated heterocycles. The minimum Gasteiger partial charge on any atom is -0.497 e. The summed E-state index contributed by atoms with van der Waals surface area (Å²) in [6.45, 7) is 4.11. The van der Waals surface area contributed by atoms with Crippen molar-refractivity contribution in [3.63, 3.8) is 0 Å². The number of hydrogen-bond donors (Lipinski definition) is 1. The molecular formula is C25H34IN3O5S. The lowest BCUT2D eigenvalue weighted by Crippen LogP contribution is -2.52. The van der Waals surface area contributed by atoms with Crippen molar-refractivity contribution >= 4 is 50.1 Å². The smallest absolute Gasteiger partial charge is 0.244 e. The molecule has 2 rings (SSSR count). The Balaban J connectivity index is 2.40. The number of carbonyl (C=O) groups excluding carboxylic acids is 2. The lowest BCUT2D eigenvalue weighted by Gasteiger charge is -2.33. The van der Waals surface area contributed by atoms with Gasteiger partial charge in [-0.15, -0.1) is 0 Å². The fraction of sp³-hybridized carbons (Fsp3) is 0.440. The molecular weight excluding hydrogens is 581 g/mol. The highest BCUT2D eigenvalue weighted by Crippen LogP contribution is 2.22. The van der Waals surface area contributed by atoms with Gasteiger partial charge < -0.3 is 15.0 Å². The van der Waals surface area contributed by atoms with Crippen LogP contribution in [0.4, 0.5) is 5.69 Å². The number of nitrogens with zero attached hydrogens (tertiary/aromatic N) is 2. The summed E-state index contributed by atoms with van der Waals surface area (Å²) in [6.07, 6.45) is 3.22. The number of benzene rings is 2. The highest BCUT2D eigenvalue weighted by Gasteiger charge is 2.31. The molecule has 0 heterocycles. The van der Waals surface area contributed by atoms with E-state index in [1.165, 1.54) is 4.90 Å². The quantitative estimate of drug-likeness (QED) is 0.274. The third-order valence-electron chi connectivity index (χ3n) is 5.50. The second-order valence-electron chi connectivity index (χ2n) is 8.19. The Labute approximate surface area is 222 Å². The van der Waals surface area contributed by atoms with Gasteiger partial charge in [-0.2, -0.15) is 0 Å². The van der Waals surface area contributed by atoms with Gasteiger partial charge in [0.1, 0.15) is 18.3 Å². The van der Waals surface area contributed by atoms with Crippen LogP contribution in [0, 0.1) is 3.57 Å². The van der Waals surface area contributed by atoms with Crippen LogP contribution in [0.15, 0.2) is 48.5 Å². The zero-order valence-electron chi connectivity index (χ0n) is 20.7. The Bertz CT molecular complexity index is 1090. The van der Waals surface area contributed by atoms with Gasteiger partial charge in [-0.1, -0.05) is 32.4 Å². The summed E-state index contributed by atoms with van der Waals surface area (Å²) in [5.74, 6) is -0.0846. The Kier molecular flexibility index (Phi) is 11.3. The average Bonchev–Trinajstić information content (AvgIpc) is 2.82. The predicted molar refractivity (Wildman–Crippen MR) is 147 cm³/mol. The van der Waals surface area contributed by atoms with Crippen LogP contribution in [-0.4, -0.2) is 57.6 Å². The van der Waals surface area contributed by atoms with E-state index in [9.17, 15) is 18.0 Å². The van der Waals surface area contributed by atoms with Gasteiger partial charge in [0.25, 0.3) is 0 Å². The molecule has 2 aromatic rings. The van der Waals surface area contributed by atoms with E-state index in [2.05, 4.69) is 27.9 Å². The lowest BCUT2D eigenvalue weighted by molar-refractivity contribution is -0.140. The third-order valence-corrected chi connectivity index (χ3v) is 7.36. The molecule has 35 heavy (non-hydrogen) atoms. The normalized spacial score (nSPS) is 12.0. The highest BCUT2D eigenvalue weighted by molar-refractivity contribution is 14.1. The molecule has 10 heteroatoms. The maximum Gasteiger partial charge on any atom is 0.244 e. The first-order chi connectivity index (χ1) is 16.6. The average molecular weight is 616 g/mol. The van der Waals surface area contributed by atoms with Gasteiger partial charge in [0.2, 0.25) is 21.8 Å². The van der Waals surface area contributed by atoms with Crippen molar-refractivity contribution in [3.05, 3.63) is 57.7 Å². The fourth-order valence-electron chi connectivity index (χ4n) is 3.61. The van der Waals surface area contributed by atoms with Crippen LogP contribution in [0.1, 0.15) is 38.7 Å². The topological polar surface area (TPSA) is 96.0 Å². The monoisotopic (exact) mass is 615 g/mol. The van der Waals surface area contributed by atoms with Gasteiger partial charge in [0.05, 0.1) is 19.1 Å². The van der Waals surface area contributed by atoms with Crippen LogP contribution in [-0.2, 0) is 26.2 Å². The number of halogens is 1. The summed E-state index contributed by atoms with van der Waals surface area (Å²) >= 11 is 2.13. The van der Waals surface area contributed by atoms with Crippen LogP contribution in [0.25, 0.3) is 0 Å². The fourth-order valence-corrected chi connectivity index (χ4v) is 4.82. The van der Waals surface area contributed by atoms with Gasteiger partial charge in [0.15, 0.2) is 0 Å². The maximum atomic E-state index is 13.6. The number of nitrogens with one attached hydrogen (secondary N) is 1. The minimum atomic E-state index is -3.75. The van der Waals surface area contributed by atoms with Crippen molar-refractivity contribution in [2.45, 2.75) is 45.7 Å². The zero-order chi connectivity index (χ0) is 26.0. The first-order valence-corrected chi connectivity index (χ1v) is 14.5. The number of methoxy groups -OCH3 is 1. The number of anilines is 1. The molecule has 2 amide bonds. The molecule has 192 valence electrons. The van der Waals surface area contributed by atoms with E-state index in [0.717, 1.165) is 32.5 Å². The predicted octanol–water partition coefficient (Wildman–Crippen LogP) is 3.79. The van der Waals surface area contributed by atoms with Crippen LogP contribution < -0.4 is 14.4 Å². The Morgan fingerprint density at radius 3 is 2.37 bits per heavy atom. The van der Waals surface area contributed by atoms with Crippen molar-refractivity contribution in [3.8, 4) is 5.75 Å². The molecule has 0 radical (unpaired) electrons. The molecule has 1 atom stereocenters. The van der Waals surface area contributed by atoms with Crippen LogP contribution >= 0.6 is 22.6 Å². The second-order valence-corrected chi connectivity index (χ2v) is 11.3. The number of rotatable bonds is 13. The van der Waals surface area contributed by atoms with Gasteiger partial charge in [-0.25, -0.2) is 8.42 Å². The van der Waals surface area contributed by atoms with Crippen molar-refractivity contribution < 1.29 is 22.7 Å². The lowest BCUT2D eigenvalue weighted by atomic mass is 10.1. The maximum absolute atomic E-state index is 13.6. The minimum absolute atomic E-state index is 0.139. The standard InChI is InChI=1S/C25H34IN3O5S/c1-5-7-15-27-25(31)23(6-2)28(17-19-9-8-10-22(16-19)34-3)24(30)18-29(35(4,32)33)21-13-11-20(26)12-14-21/h8-14,16,23H,5-7,15,17-18H2,1-4H3,(H,27,31)/t23-/m1/s1. The summed E-state index contributed by atoms with van der Waals surface area (Å²) in [7, 11) is -2.19. The number of carbonyl (C=O) groups is 2. The molecule has 0 fully saturated rings. The Morgan fingerprint density at radius 1 is 1.11 bits per heavy atom. The van der Waals surface area contributed by atoms with E-state index in [-0.39, 0.29) is 12.5 Å². The number of unbranched alkanes of at least 4 members (excludes halogenated alkanes) is 1. The molecule has 0 aliphatic heterocycles. The number of amides is 2. The zero-order valence-corrected chi connectivity index (χ0v) is 23.6. The molecule has 0 aromatic heterocycles. The molecule has 1 N–H and O–H groups in total. The van der Waals surface area contributed by atoms with E-state index in [1.54, 1.807) is 43.5 Å². The van der Waals surface area contributed by atoms with E-state index in [4.69, 9.17) is 4.74 Å². The first kappa shape index (κ1) is 28.9. The Morgan fingerprint density at radius 2 is 1.80 bits per heavy atom. The summed E-state index contributed by atoms with van der Waals surface area (Å²) in [5, 5.41) is 2.91. The molecule has 0 saturated carbocycles. The molecule has 0 spiro atoms. The number of sulfonamides is 1. The van der Waals surface area contributed by atoms with E-state index in [0.29, 0.717) is 24.4 Å². The van der Waals surface area contributed by atoms with Gasteiger partial charge in [0, 0.05) is 16.7 Å². The van der Waals surface area contributed by atoms with E-state index < -0.39 is 28.5 Å². The highest BCUT2D eigenvalue weighted by atomic mass is 127. The van der Waals surface area contributed by atoms with Crippen LogP contribution in [0.2, 0.25) is 0 Å². The summed E-state index contributed by atoms with van der Waals surface area (Å²) in [6, 6.07) is 13.4. The SMILES string of the molecule is CCCCNC(=O)[C@@H](CC)N(Cc1cccc(OC)c1)C(=O)CN(c1ccc(I)cc1)S(C)(=O)=O. The van der Waals surface area contributed by atoms with E-state index in [1.807, 2.05) is 26.0 Å². The summed E-state index contributed by atoms with van der Waals surface area (Å²) < 4.78 is 32.6. The Hall–Kier alpha value is -2.34. The molecule has 2 aromatic carbocycles. The molecule has 0 aliphatic carbocycles. The second kappa shape index (κ2) is 13.7. The third kappa shape index (κ3) is 8.68. The summed E-state index contributed by atoms with van der Waals surface area (Å²) in [4.78, 5) is 28.1. The van der Waals surface area contributed by atoms with Crippen LogP contribution in [0.3, 0.4) is 0 Å². The molecule has 8 nitrogen and oxygen atoms in total.